The molecule has 124 valence electrons. The van der Waals surface area contributed by atoms with Crippen LogP contribution in [0.25, 0.3) is 6.08 Å². The van der Waals surface area contributed by atoms with Gasteiger partial charge in [-0.15, -0.1) is 0 Å². The second-order valence-electron chi connectivity index (χ2n) is 5.35. The Morgan fingerprint density at radius 1 is 1.30 bits per heavy atom. The molecule has 0 radical (unpaired) electrons. The Hall–Kier alpha value is -1.52. The third kappa shape index (κ3) is 4.98. The first-order chi connectivity index (χ1) is 11.0. The van der Waals surface area contributed by atoms with Crippen LogP contribution in [0.5, 0.6) is 0 Å². The molecule has 1 aliphatic heterocycles. The lowest BCUT2D eigenvalue weighted by Crippen LogP contribution is -2.39. The van der Waals surface area contributed by atoms with Gasteiger partial charge in [-0.25, -0.2) is 0 Å². The second kappa shape index (κ2) is 8.37. The zero-order valence-corrected chi connectivity index (χ0v) is 14.4. The molecular weight excluding hydrogens is 337 g/mol. The molecule has 0 N–H and O–H groups in total. The number of hydrogen-bond acceptors (Lipinski definition) is 3. The van der Waals surface area contributed by atoms with E-state index in [4.69, 9.17) is 27.9 Å². The summed E-state index contributed by atoms with van der Waals surface area (Å²) in [4.78, 5) is 25.6. The normalized spacial score (nSPS) is 15.9. The number of piperidine rings is 1. The number of amides is 1. The Balaban J connectivity index is 1.90. The highest BCUT2D eigenvalue weighted by atomic mass is 35.5. The maximum Gasteiger partial charge on any atom is 0.309 e. The largest absolute Gasteiger partial charge is 0.466 e. The van der Waals surface area contributed by atoms with Crippen LogP contribution in [0.4, 0.5) is 0 Å². The number of carbonyl (C=O) groups excluding carboxylic acids is 2. The third-order valence-electron chi connectivity index (χ3n) is 3.79. The quantitative estimate of drug-likeness (QED) is 0.609. The minimum absolute atomic E-state index is 0.0849. The Morgan fingerprint density at radius 3 is 2.61 bits per heavy atom. The van der Waals surface area contributed by atoms with Gasteiger partial charge >= 0.3 is 5.97 Å². The van der Waals surface area contributed by atoms with Crippen LogP contribution in [0.2, 0.25) is 10.0 Å². The lowest BCUT2D eigenvalue weighted by atomic mass is 9.97. The van der Waals surface area contributed by atoms with Crippen LogP contribution in [-0.2, 0) is 14.3 Å². The van der Waals surface area contributed by atoms with E-state index in [-0.39, 0.29) is 17.8 Å². The van der Waals surface area contributed by atoms with Gasteiger partial charge in [-0.3, -0.25) is 9.59 Å². The van der Waals surface area contributed by atoms with E-state index < -0.39 is 0 Å². The van der Waals surface area contributed by atoms with E-state index >= 15 is 0 Å². The van der Waals surface area contributed by atoms with E-state index in [0.29, 0.717) is 42.6 Å². The van der Waals surface area contributed by atoms with Crippen molar-refractivity contribution >= 4 is 41.2 Å². The van der Waals surface area contributed by atoms with Crippen LogP contribution in [-0.4, -0.2) is 36.5 Å². The number of hydrogen-bond donors (Lipinski definition) is 0. The summed E-state index contributed by atoms with van der Waals surface area (Å²) in [7, 11) is 0. The highest BCUT2D eigenvalue weighted by Crippen LogP contribution is 2.23. The first-order valence-corrected chi connectivity index (χ1v) is 8.35. The molecule has 1 heterocycles. The molecule has 0 spiro atoms. The number of halogens is 2. The first-order valence-electron chi connectivity index (χ1n) is 7.60. The molecule has 1 aromatic rings. The van der Waals surface area contributed by atoms with Crippen LogP contribution >= 0.6 is 23.2 Å². The van der Waals surface area contributed by atoms with Crippen molar-refractivity contribution in [2.75, 3.05) is 19.7 Å². The van der Waals surface area contributed by atoms with Gasteiger partial charge in [0.05, 0.1) is 12.5 Å². The van der Waals surface area contributed by atoms with Crippen molar-refractivity contribution in [1.82, 2.24) is 4.90 Å². The molecule has 0 atom stereocenters. The van der Waals surface area contributed by atoms with Gasteiger partial charge < -0.3 is 9.64 Å². The number of carbonyl (C=O) groups is 2. The lowest BCUT2D eigenvalue weighted by molar-refractivity contribution is -0.150. The Kier molecular flexibility index (Phi) is 6.48. The summed E-state index contributed by atoms with van der Waals surface area (Å²) < 4.78 is 5.02. The average Bonchev–Trinajstić information content (AvgIpc) is 2.54. The molecule has 0 unspecified atom stereocenters. The summed E-state index contributed by atoms with van der Waals surface area (Å²) in [5, 5.41) is 1.06. The Bertz CT molecular complexity index is 608. The standard InChI is InChI=1S/C17H19Cl2NO3/c1-2-23-17(22)13-7-9-20(10-8-13)16(21)6-4-12-3-5-14(18)11-15(12)19/h3-6,11,13H,2,7-10H2,1H3. The predicted octanol–water partition coefficient (Wildman–Crippen LogP) is 3.81. The Morgan fingerprint density at radius 2 is 2.00 bits per heavy atom. The molecule has 1 aromatic carbocycles. The van der Waals surface area contributed by atoms with E-state index in [1.54, 1.807) is 36.1 Å². The molecule has 1 saturated heterocycles. The van der Waals surface area contributed by atoms with Crippen LogP contribution in [0.15, 0.2) is 24.3 Å². The SMILES string of the molecule is CCOC(=O)C1CCN(C(=O)C=Cc2ccc(Cl)cc2Cl)CC1. The summed E-state index contributed by atoms with van der Waals surface area (Å²) in [5.41, 5.74) is 0.742. The fraction of sp³-hybridized carbons (Fsp3) is 0.412. The highest BCUT2D eigenvalue weighted by Gasteiger charge is 2.27. The van der Waals surface area contributed by atoms with Crippen molar-refractivity contribution in [3.8, 4) is 0 Å². The van der Waals surface area contributed by atoms with E-state index in [1.807, 2.05) is 0 Å². The number of rotatable bonds is 4. The summed E-state index contributed by atoms with van der Waals surface area (Å²) in [6.07, 6.45) is 4.46. The zero-order chi connectivity index (χ0) is 16.8. The monoisotopic (exact) mass is 355 g/mol. The van der Waals surface area contributed by atoms with E-state index in [0.717, 1.165) is 5.56 Å². The predicted molar refractivity (Wildman–Crippen MR) is 91.4 cm³/mol. The van der Waals surface area contributed by atoms with Gasteiger partial charge in [0.25, 0.3) is 0 Å². The summed E-state index contributed by atoms with van der Waals surface area (Å²) in [6, 6.07) is 5.13. The molecule has 4 nitrogen and oxygen atoms in total. The lowest BCUT2D eigenvalue weighted by Gasteiger charge is -2.30. The van der Waals surface area contributed by atoms with Crippen LogP contribution in [0.1, 0.15) is 25.3 Å². The molecule has 1 fully saturated rings. The minimum Gasteiger partial charge on any atom is -0.466 e. The molecule has 0 bridgehead atoms. The second-order valence-corrected chi connectivity index (χ2v) is 6.19. The van der Waals surface area contributed by atoms with Gasteiger partial charge in [-0.1, -0.05) is 29.3 Å². The number of likely N-dealkylation sites (tertiary alicyclic amines) is 1. The van der Waals surface area contributed by atoms with Crippen molar-refractivity contribution in [2.24, 2.45) is 5.92 Å². The van der Waals surface area contributed by atoms with Gasteiger partial charge in [-0.05, 0) is 43.5 Å². The molecule has 1 amide bonds. The van der Waals surface area contributed by atoms with Gasteiger partial charge in [0.15, 0.2) is 0 Å². The number of ether oxygens (including phenoxy) is 1. The molecule has 23 heavy (non-hydrogen) atoms. The van der Waals surface area contributed by atoms with Crippen LogP contribution in [0, 0.1) is 5.92 Å². The maximum absolute atomic E-state index is 12.2. The Labute approximate surface area is 146 Å². The van der Waals surface area contributed by atoms with Crippen molar-refractivity contribution in [3.05, 3.63) is 39.9 Å². The van der Waals surface area contributed by atoms with Crippen molar-refractivity contribution < 1.29 is 14.3 Å². The first kappa shape index (κ1) is 17.8. The molecule has 2 rings (SSSR count). The van der Waals surface area contributed by atoms with Crippen molar-refractivity contribution in [3.63, 3.8) is 0 Å². The van der Waals surface area contributed by atoms with Gasteiger partial charge in [-0.2, -0.15) is 0 Å². The van der Waals surface area contributed by atoms with E-state index in [2.05, 4.69) is 0 Å². The van der Waals surface area contributed by atoms with Crippen molar-refractivity contribution in [1.29, 1.82) is 0 Å². The summed E-state index contributed by atoms with van der Waals surface area (Å²) in [6.45, 7) is 3.30. The maximum atomic E-state index is 12.2. The summed E-state index contributed by atoms with van der Waals surface area (Å²) >= 11 is 11.9. The zero-order valence-electron chi connectivity index (χ0n) is 12.9. The van der Waals surface area contributed by atoms with Crippen LogP contribution < -0.4 is 0 Å². The van der Waals surface area contributed by atoms with Gasteiger partial charge in [0.2, 0.25) is 5.91 Å². The number of benzene rings is 1. The molecule has 0 aliphatic carbocycles. The average molecular weight is 356 g/mol. The topological polar surface area (TPSA) is 46.6 Å². The molecule has 1 aliphatic rings. The van der Waals surface area contributed by atoms with Gasteiger partial charge in [0.1, 0.15) is 0 Å². The van der Waals surface area contributed by atoms with E-state index in [1.165, 1.54) is 6.08 Å². The molecular formula is C17H19Cl2NO3. The fourth-order valence-corrected chi connectivity index (χ4v) is 2.97. The molecule has 0 aromatic heterocycles. The summed E-state index contributed by atoms with van der Waals surface area (Å²) in [5.74, 6) is -0.352. The molecule has 6 heteroatoms. The van der Waals surface area contributed by atoms with Gasteiger partial charge in [0, 0.05) is 29.2 Å². The fourth-order valence-electron chi connectivity index (χ4n) is 2.50. The highest BCUT2D eigenvalue weighted by molar-refractivity contribution is 6.35. The van der Waals surface area contributed by atoms with E-state index in [9.17, 15) is 9.59 Å². The third-order valence-corrected chi connectivity index (χ3v) is 4.36. The molecule has 0 saturated carbocycles. The van der Waals surface area contributed by atoms with Crippen molar-refractivity contribution in [2.45, 2.75) is 19.8 Å². The van der Waals surface area contributed by atoms with Crippen LogP contribution in [0.3, 0.4) is 0 Å². The number of esters is 1. The minimum atomic E-state index is -0.164. The smallest absolute Gasteiger partial charge is 0.309 e. The number of nitrogens with zero attached hydrogens (tertiary/aromatic N) is 1.